The Kier molecular flexibility index (Phi) is 3.30. The number of pyridine rings is 1. The van der Waals surface area contributed by atoms with Gasteiger partial charge in [-0.05, 0) is 24.6 Å². The van der Waals surface area contributed by atoms with E-state index < -0.39 is 0 Å². The molecule has 2 fully saturated rings. The van der Waals surface area contributed by atoms with Crippen LogP contribution in [0, 0.1) is 12.8 Å². The fourth-order valence-electron chi connectivity index (χ4n) is 3.14. The van der Waals surface area contributed by atoms with Gasteiger partial charge in [0, 0.05) is 25.5 Å². The van der Waals surface area contributed by atoms with Crippen LogP contribution in [0.5, 0.6) is 0 Å². The largest absolute Gasteiger partial charge is 0.378 e. The molecule has 4 heterocycles. The van der Waals surface area contributed by atoms with Crippen molar-refractivity contribution < 1.29 is 14.3 Å². The smallest absolute Gasteiger partial charge is 0.274 e. The number of carbonyl (C=O) groups is 2. The molecule has 0 unspecified atom stereocenters. The Hall–Kier alpha value is -2.41. The van der Waals surface area contributed by atoms with Crippen molar-refractivity contribution in [1.29, 1.82) is 0 Å². The summed E-state index contributed by atoms with van der Waals surface area (Å²) in [6.45, 7) is 3.61. The van der Waals surface area contributed by atoms with Crippen LogP contribution in [0.1, 0.15) is 16.1 Å². The first kappa shape index (κ1) is 14.2. The maximum Gasteiger partial charge on any atom is 0.274 e. The Morgan fingerprint density at radius 1 is 1.39 bits per heavy atom. The lowest BCUT2D eigenvalue weighted by Crippen LogP contribution is -2.44. The molecule has 2 aromatic rings. The molecule has 1 N–H and O–H groups in total. The van der Waals surface area contributed by atoms with Crippen LogP contribution in [0.15, 0.2) is 24.5 Å². The Labute approximate surface area is 133 Å². The van der Waals surface area contributed by atoms with E-state index in [1.165, 1.54) is 0 Å². The fraction of sp³-hybridized carbons (Fsp3) is 0.438. The molecular weight excluding hydrogens is 296 g/mol. The number of imidazole rings is 1. The van der Waals surface area contributed by atoms with Crippen molar-refractivity contribution >= 4 is 17.5 Å². The van der Waals surface area contributed by atoms with Gasteiger partial charge in [-0.15, -0.1) is 0 Å². The number of hydrogen-bond donors (Lipinski definition) is 1. The summed E-state index contributed by atoms with van der Waals surface area (Å²) >= 11 is 0. The lowest BCUT2D eigenvalue weighted by Gasteiger charge is -2.26. The molecule has 2 atom stereocenters. The molecule has 2 amide bonds. The molecular formula is C16H18N4O3. The minimum absolute atomic E-state index is 0.0339. The van der Waals surface area contributed by atoms with Crippen LogP contribution in [0.4, 0.5) is 0 Å². The van der Waals surface area contributed by atoms with Crippen molar-refractivity contribution in [3.63, 3.8) is 0 Å². The zero-order chi connectivity index (χ0) is 16.0. The van der Waals surface area contributed by atoms with Crippen LogP contribution < -0.4 is 5.32 Å². The first-order valence-electron chi connectivity index (χ1n) is 7.73. The molecule has 0 aromatic carbocycles. The zero-order valence-electron chi connectivity index (χ0n) is 12.9. The number of fused-ring (bicyclic) bond motifs is 4. The molecule has 2 saturated heterocycles. The summed E-state index contributed by atoms with van der Waals surface area (Å²) in [5, 5.41) is 2.93. The van der Waals surface area contributed by atoms with Crippen molar-refractivity contribution in [2.45, 2.75) is 13.0 Å². The second kappa shape index (κ2) is 5.34. The number of nitrogens with one attached hydrogen (secondary N) is 1. The van der Waals surface area contributed by atoms with Gasteiger partial charge < -0.3 is 19.4 Å². The summed E-state index contributed by atoms with van der Waals surface area (Å²) in [7, 11) is 0. The summed E-state index contributed by atoms with van der Waals surface area (Å²) in [6.07, 6.45) is 3.63. The Bertz CT molecular complexity index is 785. The maximum atomic E-state index is 12.8. The number of carbonyl (C=O) groups excluding carboxylic acids is 2. The highest BCUT2D eigenvalue weighted by molar-refractivity contribution is 5.93. The SMILES string of the molecule is Cc1ccn2cc(C(=O)N3C[C@H]4COC[C@@H](C3)C(=O)N4)nc2c1. The topological polar surface area (TPSA) is 75.9 Å². The maximum absolute atomic E-state index is 12.8. The minimum Gasteiger partial charge on any atom is -0.378 e. The van der Waals surface area contributed by atoms with Crippen LogP contribution in [-0.4, -0.2) is 58.4 Å². The first-order chi connectivity index (χ1) is 11.1. The van der Waals surface area contributed by atoms with Crippen LogP contribution in [0.25, 0.3) is 5.65 Å². The standard InChI is InChI=1S/C16H18N4O3/c1-10-2-3-19-7-13(18-14(19)4-10)16(22)20-5-11-8-23-9-12(6-20)17-15(11)21/h2-4,7,11-12H,5-6,8-9H2,1H3,(H,17,21)/t11-,12+/m1/s1. The molecule has 0 aliphatic carbocycles. The summed E-state index contributed by atoms with van der Waals surface area (Å²) in [4.78, 5) is 31.0. The van der Waals surface area contributed by atoms with E-state index in [0.29, 0.717) is 32.0 Å². The van der Waals surface area contributed by atoms with Crippen LogP contribution in [0.2, 0.25) is 0 Å². The van der Waals surface area contributed by atoms with E-state index in [1.807, 2.05) is 29.7 Å². The molecule has 0 radical (unpaired) electrons. The summed E-state index contributed by atoms with van der Waals surface area (Å²) in [6, 6.07) is 3.75. The van der Waals surface area contributed by atoms with Gasteiger partial charge in [-0.2, -0.15) is 0 Å². The van der Waals surface area contributed by atoms with Crippen LogP contribution in [0.3, 0.4) is 0 Å². The highest BCUT2D eigenvalue weighted by atomic mass is 16.5. The summed E-state index contributed by atoms with van der Waals surface area (Å²) < 4.78 is 7.32. The molecule has 120 valence electrons. The van der Waals surface area contributed by atoms with Crippen molar-refractivity contribution in [2.75, 3.05) is 26.3 Å². The van der Waals surface area contributed by atoms with E-state index in [0.717, 1.165) is 11.2 Å². The third-order valence-electron chi connectivity index (χ3n) is 4.36. The average Bonchev–Trinajstić information content (AvgIpc) is 2.75. The molecule has 4 rings (SSSR count). The van der Waals surface area contributed by atoms with Gasteiger partial charge >= 0.3 is 0 Å². The van der Waals surface area contributed by atoms with E-state index in [-0.39, 0.29) is 23.8 Å². The van der Waals surface area contributed by atoms with Crippen LogP contribution >= 0.6 is 0 Å². The highest BCUT2D eigenvalue weighted by Crippen LogP contribution is 2.17. The van der Waals surface area contributed by atoms with E-state index in [4.69, 9.17) is 4.74 Å². The predicted octanol–water partition coefficient (Wildman–Crippen LogP) is 0.230. The third kappa shape index (κ3) is 2.57. The van der Waals surface area contributed by atoms with Crippen molar-refractivity contribution in [2.24, 2.45) is 5.92 Å². The van der Waals surface area contributed by atoms with Gasteiger partial charge in [-0.25, -0.2) is 4.98 Å². The monoisotopic (exact) mass is 314 g/mol. The number of ether oxygens (including phenoxy) is 1. The summed E-state index contributed by atoms with van der Waals surface area (Å²) in [5.74, 6) is -0.487. The molecule has 0 saturated carbocycles. The molecule has 7 heteroatoms. The molecule has 7 nitrogen and oxygen atoms in total. The molecule has 2 aliphatic rings. The summed E-state index contributed by atoms with van der Waals surface area (Å²) in [5.41, 5.74) is 2.25. The Morgan fingerprint density at radius 2 is 2.26 bits per heavy atom. The van der Waals surface area contributed by atoms with Gasteiger partial charge in [0.15, 0.2) is 0 Å². The predicted molar refractivity (Wildman–Crippen MR) is 82.1 cm³/mol. The fourth-order valence-corrected chi connectivity index (χ4v) is 3.14. The number of nitrogens with zero attached hydrogens (tertiary/aromatic N) is 3. The molecule has 0 spiro atoms. The van der Waals surface area contributed by atoms with Gasteiger partial charge in [0.2, 0.25) is 5.91 Å². The minimum atomic E-state index is -0.314. The lowest BCUT2D eigenvalue weighted by atomic mass is 10.1. The van der Waals surface area contributed by atoms with E-state index in [1.54, 1.807) is 11.1 Å². The van der Waals surface area contributed by atoms with Gasteiger partial charge in [0.25, 0.3) is 5.91 Å². The second-order valence-electron chi connectivity index (χ2n) is 6.25. The number of hydrogen-bond acceptors (Lipinski definition) is 4. The second-order valence-corrected chi connectivity index (χ2v) is 6.25. The highest BCUT2D eigenvalue weighted by Gasteiger charge is 2.35. The van der Waals surface area contributed by atoms with Crippen LogP contribution in [-0.2, 0) is 9.53 Å². The first-order valence-corrected chi connectivity index (χ1v) is 7.73. The number of rotatable bonds is 1. The Morgan fingerprint density at radius 3 is 3.13 bits per heavy atom. The van der Waals surface area contributed by atoms with E-state index >= 15 is 0 Å². The van der Waals surface area contributed by atoms with Gasteiger partial charge in [0.05, 0.1) is 25.2 Å². The molecule has 2 bridgehead atoms. The molecule has 2 aliphatic heterocycles. The van der Waals surface area contributed by atoms with Crippen molar-refractivity contribution in [3.8, 4) is 0 Å². The van der Waals surface area contributed by atoms with Gasteiger partial charge in [-0.3, -0.25) is 9.59 Å². The van der Waals surface area contributed by atoms with E-state index in [9.17, 15) is 9.59 Å². The average molecular weight is 314 g/mol. The number of aryl methyl sites for hydroxylation is 1. The number of aromatic nitrogens is 2. The molecule has 23 heavy (non-hydrogen) atoms. The van der Waals surface area contributed by atoms with Gasteiger partial charge in [0.1, 0.15) is 11.3 Å². The third-order valence-corrected chi connectivity index (χ3v) is 4.36. The quantitative estimate of drug-likeness (QED) is 0.817. The van der Waals surface area contributed by atoms with Gasteiger partial charge in [-0.1, -0.05) is 0 Å². The van der Waals surface area contributed by atoms with E-state index in [2.05, 4.69) is 10.3 Å². The normalized spacial score (nSPS) is 24.4. The lowest BCUT2D eigenvalue weighted by molar-refractivity contribution is -0.125. The van der Waals surface area contributed by atoms with Crippen molar-refractivity contribution in [1.82, 2.24) is 19.6 Å². The molecule has 2 aromatic heterocycles. The number of amides is 2. The Balaban J connectivity index is 1.63. The zero-order valence-corrected chi connectivity index (χ0v) is 12.9. The van der Waals surface area contributed by atoms with Crippen molar-refractivity contribution in [3.05, 3.63) is 35.8 Å².